The number of hydrogen-bond donors (Lipinski definition) is 1. The van der Waals surface area contributed by atoms with Gasteiger partial charge in [-0.05, 0) is 25.5 Å². The number of nitrogens with one attached hydrogen (secondary N) is 1. The highest BCUT2D eigenvalue weighted by molar-refractivity contribution is 5.92. The summed E-state index contributed by atoms with van der Waals surface area (Å²) < 4.78 is 4.97. The Morgan fingerprint density at radius 2 is 2.28 bits per heavy atom. The zero-order chi connectivity index (χ0) is 13.4. The monoisotopic (exact) mass is 251 g/mol. The number of amides is 1. The van der Waals surface area contributed by atoms with Gasteiger partial charge in [0.2, 0.25) is 0 Å². The smallest absolute Gasteiger partial charge is 0.272 e. The number of hydrogen-bond acceptors (Lipinski definition) is 4. The van der Waals surface area contributed by atoms with E-state index in [2.05, 4.69) is 10.3 Å². The number of methoxy groups -OCH3 is 1. The minimum absolute atomic E-state index is 0.0640. The van der Waals surface area contributed by atoms with Crippen LogP contribution in [0.3, 0.4) is 0 Å². The van der Waals surface area contributed by atoms with E-state index in [9.17, 15) is 4.79 Å². The molecule has 1 rings (SSSR count). The first-order chi connectivity index (χ1) is 8.69. The molecule has 1 N–H and O–H groups in total. The van der Waals surface area contributed by atoms with Crippen molar-refractivity contribution in [3.8, 4) is 0 Å². The first-order valence-corrected chi connectivity index (χ1v) is 6.14. The Bertz CT molecular complexity index is 382. The Morgan fingerprint density at radius 1 is 1.50 bits per heavy atom. The molecular formula is C13H21N3O2. The van der Waals surface area contributed by atoms with Crippen LogP contribution in [0.4, 0.5) is 5.82 Å². The van der Waals surface area contributed by atoms with Crippen LogP contribution in [0.25, 0.3) is 0 Å². The number of pyridine rings is 1. The molecule has 18 heavy (non-hydrogen) atoms. The molecule has 0 aromatic carbocycles. The molecule has 0 spiro atoms. The summed E-state index contributed by atoms with van der Waals surface area (Å²) in [7, 11) is 3.43. The predicted octanol–water partition coefficient (Wildman–Crippen LogP) is 1.62. The topological polar surface area (TPSA) is 54.5 Å². The van der Waals surface area contributed by atoms with E-state index in [0.29, 0.717) is 18.8 Å². The van der Waals surface area contributed by atoms with Crippen LogP contribution >= 0.6 is 0 Å². The largest absolute Gasteiger partial charge is 0.385 e. The summed E-state index contributed by atoms with van der Waals surface area (Å²) in [4.78, 5) is 18.0. The molecule has 0 radical (unpaired) electrons. The highest BCUT2D eigenvalue weighted by Crippen LogP contribution is 2.07. The fourth-order valence-electron chi connectivity index (χ4n) is 1.58. The van der Waals surface area contributed by atoms with Gasteiger partial charge >= 0.3 is 0 Å². The minimum atomic E-state index is -0.0640. The lowest BCUT2D eigenvalue weighted by atomic mass is 10.3. The molecule has 1 aromatic rings. The van der Waals surface area contributed by atoms with Crippen molar-refractivity contribution in [3.05, 3.63) is 23.9 Å². The Labute approximate surface area is 108 Å². The number of rotatable bonds is 7. The van der Waals surface area contributed by atoms with Crippen molar-refractivity contribution in [2.75, 3.05) is 39.2 Å². The van der Waals surface area contributed by atoms with E-state index in [1.54, 1.807) is 25.1 Å². The van der Waals surface area contributed by atoms with Gasteiger partial charge in [-0.2, -0.15) is 0 Å². The van der Waals surface area contributed by atoms with E-state index in [1.807, 2.05) is 19.1 Å². The van der Waals surface area contributed by atoms with Crippen LogP contribution < -0.4 is 5.32 Å². The molecule has 0 unspecified atom stereocenters. The number of carbonyl (C=O) groups is 1. The SMILES string of the molecule is CCNc1cccc(C(=O)N(C)CCCOC)n1. The summed E-state index contributed by atoms with van der Waals surface area (Å²) in [6.45, 7) is 4.10. The third-order valence-corrected chi connectivity index (χ3v) is 2.51. The molecular weight excluding hydrogens is 230 g/mol. The lowest BCUT2D eigenvalue weighted by molar-refractivity contribution is 0.0774. The van der Waals surface area contributed by atoms with Crippen LogP contribution in [0.5, 0.6) is 0 Å². The highest BCUT2D eigenvalue weighted by Gasteiger charge is 2.12. The Kier molecular flexibility index (Phi) is 6.14. The van der Waals surface area contributed by atoms with Crippen LogP contribution in [-0.4, -0.2) is 49.6 Å². The van der Waals surface area contributed by atoms with E-state index in [4.69, 9.17) is 4.74 Å². The van der Waals surface area contributed by atoms with Crippen LogP contribution in [0.15, 0.2) is 18.2 Å². The summed E-state index contributed by atoms with van der Waals surface area (Å²) in [6, 6.07) is 5.42. The molecule has 100 valence electrons. The molecule has 0 atom stereocenters. The van der Waals surface area contributed by atoms with Gasteiger partial charge in [0.1, 0.15) is 11.5 Å². The van der Waals surface area contributed by atoms with Crippen LogP contribution in [-0.2, 0) is 4.74 Å². The number of carbonyl (C=O) groups excluding carboxylic acids is 1. The number of aromatic nitrogens is 1. The Hall–Kier alpha value is -1.62. The first-order valence-electron chi connectivity index (χ1n) is 6.14. The standard InChI is InChI=1S/C13H21N3O2/c1-4-14-12-8-5-7-11(15-12)13(17)16(2)9-6-10-18-3/h5,7-8H,4,6,9-10H2,1-3H3,(H,14,15). The van der Waals surface area contributed by atoms with Gasteiger partial charge in [-0.1, -0.05) is 6.07 Å². The highest BCUT2D eigenvalue weighted by atomic mass is 16.5. The number of nitrogens with zero attached hydrogens (tertiary/aromatic N) is 2. The summed E-state index contributed by atoms with van der Waals surface area (Å²) in [5.74, 6) is 0.666. The maximum absolute atomic E-state index is 12.1. The molecule has 5 nitrogen and oxygen atoms in total. The number of ether oxygens (including phenoxy) is 1. The van der Waals surface area contributed by atoms with Crippen molar-refractivity contribution in [2.24, 2.45) is 0 Å². The van der Waals surface area contributed by atoms with E-state index < -0.39 is 0 Å². The van der Waals surface area contributed by atoms with Gasteiger partial charge in [-0.3, -0.25) is 4.79 Å². The maximum Gasteiger partial charge on any atom is 0.272 e. The molecule has 0 aliphatic carbocycles. The quantitative estimate of drug-likeness (QED) is 0.748. The first kappa shape index (κ1) is 14.4. The molecule has 1 amide bonds. The molecule has 0 fully saturated rings. The fraction of sp³-hybridized carbons (Fsp3) is 0.538. The second-order valence-corrected chi connectivity index (χ2v) is 4.01. The molecule has 0 bridgehead atoms. The lowest BCUT2D eigenvalue weighted by Gasteiger charge is -2.16. The van der Waals surface area contributed by atoms with Crippen molar-refractivity contribution >= 4 is 11.7 Å². The van der Waals surface area contributed by atoms with Crippen molar-refractivity contribution < 1.29 is 9.53 Å². The van der Waals surface area contributed by atoms with Gasteiger partial charge in [-0.25, -0.2) is 4.98 Å². The molecule has 0 saturated heterocycles. The zero-order valence-electron chi connectivity index (χ0n) is 11.3. The normalized spacial score (nSPS) is 10.2. The second-order valence-electron chi connectivity index (χ2n) is 4.01. The predicted molar refractivity (Wildman–Crippen MR) is 71.9 cm³/mol. The molecule has 5 heteroatoms. The lowest BCUT2D eigenvalue weighted by Crippen LogP contribution is -2.29. The van der Waals surface area contributed by atoms with E-state index in [1.165, 1.54) is 0 Å². The van der Waals surface area contributed by atoms with Gasteiger partial charge in [0.25, 0.3) is 5.91 Å². The summed E-state index contributed by atoms with van der Waals surface area (Å²) in [5, 5.41) is 3.09. The average Bonchev–Trinajstić information content (AvgIpc) is 2.39. The summed E-state index contributed by atoms with van der Waals surface area (Å²) in [6.07, 6.45) is 0.825. The maximum atomic E-state index is 12.1. The molecule has 0 aliphatic heterocycles. The van der Waals surface area contributed by atoms with E-state index >= 15 is 0 Å². The van der Waals surface area contributed by atoms with E-state index in [-0.39, 0.29) is 5.91 Å². The molecule has 0 saturated carbocycles. The van der Waals surface area contributed by atoms with Crippen molar-refractivity contribution in [3.63, 3.8) is 0 Å². The Balaban J connectivity index is 2.62. The summed E-state index contributed by atoms with van der Waals surface area (Å²) in [5.41, 5.74) is 0.466. The van der Waals surface area contributed by atoms with Gasteiger partial charge in [0, 0.05) is 33.9 Å². The zero-order valence-corrected chi connectivity index (χ0v) is 11.3. The van der Waals surface area contributed by atoms with Gasteiger partial charge in [0.15, 0.2) is 0 Å². The fourth-order valence-corrected chi connectivity index (χ4v) is 1.58. The van der Waals surface area contributed by atoms with Gasteiger partial charge in [0.05, 0.1) is 0 Å². The van der Waals surface area contributed by atoms with Gasteiger partial charge < -0.3 is 15.0 Å². The molecule has 1 aromatic heterocycles. The van der Waals surface area contributed by atoms with Crippen molar-refractivity contribution in [1.82, 2.24) is 9.88 Å². The van der Waals surface area contributed by atoms with E-state index in [0.717, 1.165) is 18.8 Å². The third-order valence-electron chi connectivity index (χ3n) is 2.51. The van der Waals surface area contributed by atoms with Crippen molar-refractivity contribution in [1.29, 1.82) is 0 Å². The average molecular weight is 251 g/mol. The van der Waals surface area contributed by atoms with Crippen molar-refractivity contribution in [2.45, 2.75) is 13.3 Å². The molecule has 1 heterocycles. The second kappa shape index (κ2) is 7.66. The summed E-state index contributed by atoms with van der Waals surface area (Å²) >= 11 is 0. The third kappa shape index (κ3) is 4.33. The van der Waals surface area contributed by atoms with Crippen LogP contribution in [0.1, 0.15) is 23.8 Å². The van der Waals surface area contributed by atoms with Crippen LogP contribution in [0, 0.1) is 0 Å². The van der Waals surface area contributed by atoms with Gasteiger partial charge in [-0.15, -0.1) is 0 Å². The minimum Gasteiger partial charge on any atom is -0.385 e. The molecule has 0 aliphatic rings. The Morgan fingerprint density at radius 3 is 2.94 bits per heavy atom. The van der Waals surface area contributed by atoms with Crippen LogP contribution in [0.2, 0.25) is 0 Å². The number of anilines is 1.